The number of aromatic nitrogens is 3. The van der Waals surface area contributed by atoms with Gasteiger partial charge in [0.05, 0.1) is 6.54 Å². The average molecular weight is 382 g/mol. The van der Waals surface area contributed by atoms with Gasteiger partial charge in [0, 0.05) is 38.4 Å². The van der Waals surface area contributed by atoms with E-state index in [1.54, 1.807) is 11.9 Å². The third-order valence-corrected chi connectivity index (χ3v) is 5.40. The van der Waals surface area contributed by atoms with E-state index in [9.17, 15) is 9.59 Å². The number of anilines is 1. The highest BCUT2D eigenvalue weighted by Gasteiger charge is 2.31. The molecular weight excluding hydrogens is 356 g/mol. The summed E-state index contributed by atoms with van der Waals surface area (Å²) in [7, 11) is 1.72. The minimum Gasteiger partial charge on any atom is -0.372 e. The lowest BCUT2D eigenvalue weighted by atomic mass is 10.1. The predicted molar refractivity (Wildman–Crippen MR) is 105 cm³/mol. The summed E-state index contributed by atoms with van der Waals surface area (Å²) >= 11 is 0. The number of piperidine rings is 1. The summed E-state index contributed by atoms with van der Waals surface area (Å²) in [6.07, 6.45) is 3.80. The number of carbonyl (C=O) groups excluding carboxylic acids is 2. The lowest BCUT2D eigenvalue weighted by molar-refractivity contribution is 0.0768. The van der Waals surface area contributed by atoms with Gasteiger partial charge in [-0.1, -0.05) is 17.3 Å². The van der Waals surface area contributed by atoms with Crippen molar-refractivity contribution in [2.75, 3.05) is 25.0 Å². The lowest BCUT2D eigenvalue weighted by Gasteiger charge is -2.29. The highest BCUT2D eigenvalue weighted by Crippen LogP contribution is 2.21. The Kier molecular flexibility index (Phi) is 5.02. The van der Waals surface area contributed by atoms with Gasteiger partial charge in [-0.2, -0.15) is 0 Å². The van der Waals surface area contributed by atoms with E-state index in [0.717, 1.165) is 18.7 Å². The lowest BCUT2D eigenvalue weighted by Crippen LogP contribution is -2.43. The van der Waals surface area contributed by atoms with E-state index < -0.39 is 0 Å². The molecule has 1 N–H and O–H groups in total. The molecule has 4 rings (SSSR count). The Balaban J connectivity index is 1.45. The highest BCUT2D eigenvalue weighted by atomic mass is 16.2. The molecule has 8 nitrogen and oxygen atoms in total. The van der Waals surface area contributed by atoms with Crippen LogP contribution in [0.25, 0.3) is 0 Å². The third kappa shape index (κ3) is 3.58. The van der Waals surface area contributed by atoms with Crippen molar-refractivity contribution in [2.45, 2.75) is 45.3 Å². The molecule has 1 saturated heterocycles. The Labute approximate surface area is 164 Å². The Hall–Kier alpha value is -2.90. The van der Waals surface area contributed by atoms with E-state index in [2.05, 4.69) is 44.8 Å². The molecule has 148 valence electrons. The second-order valence-electron chi connectivity index (χ2n) is 7.72. The quantitative estimate of drug-likeness (QED) is 0.870. The smallest absolute Gasteiger partial charge is 0.276 e. The second-order valence-corrected chi connectivity index (χ2v) is 7.72. The predicted octanol–water partition coefficient (Wildman–Crippen LogP) is 1.67. The zero-order valence-electron chi connectivity index (χ0n) is 16.4. The molecule has 1 fully saturated rings. The van der Waals surface area contributed by atoms with Crippen LogP contribution in [0.2, 0.25) is 0 Å². The molecule has 0 radical (unpaired) electrons. The van der Waals surface area contributed by atoms with Gasteiger partial charge in [0.2, 0.25) is 0 Å². The van der Waals surface area contributed by atoms with Gasteiger partial charge in [-0.15, -0.1) is 5.10 Å². The fourth-order valence-corrected chi connectivity index (χ4v) is 3.90. The first-order valence-electron chi connectivity index (χ1n) is 9.86. The van der Waals surface area contributed by atoms with Crippen LogP contribution in [0.15, 0.2) is 24.3 Å². The summed E-state index contributed by atoms with van der Waals surface area (Å²) in [5.74, 6) is -0.600. The summed E-state index contributed by atoms with van der Waals surface area (Å²) in [6, 6.07) is 8.33. The van der Waals surface area contributed by atoms with Gasteiger partial charge in [0.25, 0.3) is 11.8 Å². The number of amides is 2. The van der Waals surface area contributed by atoms with Gasteiger partial charge in [-0.25, -0.2) is 4.68 Å². The van der Waals surface area contributed by atoms with Crippen LogP contribution in [-0.4, -0.2) is 57.9 Å². The van der Waals surface area contributed by atoms with Gasteiger partial charge >= 0.3 is 0 Å². The molecule has 1 atom stereocenters. The molecule has 2 aromatic rings. The first-order valence-corrected chi connectivity index (χ1v) is 9.86. The van der Waals surface area contributed by atoms with E-state index in [0.29, 0.717) is 13.1 Å². The molecule has 3 heterocycles. The standard InChI is InChI=1S/C20H26N6O2/c1-14-12-26-18(19(27)21-14)17(22-23-26)20(28)24(2)13-15-6-8-16(9-7-15)25-10-4-3-5-11-25/h6-9,14H,3-5,10-13H2,1-2H3,(H,21,27)/t14-/m0/s1. The number of fused-ring (bicyclic) bond motifs is 1. The summed E-state index contributed by atoms with van der Waals surface area (Å²) in [6.45, 7) is 5.07. The fraction of sp³-hybridized carbons (Fsp3) is 0.500. The van der Waals surface area contributed by atoms with Gasteiger partial charge in [-0.05, 0) is 43.9 Å². The molecule has 1 aromatic heterocycles. The Morgan fingerprint density at radius 1 is 1.21 bits per heavy atom. The molecule has 0 unspecified atom stereocenters. The first kappa shape index (κ1) is 18.5. The van der Waals surface area contributed by atoms with Gasteiger partial charge in [0.15, 0.2) is 11.4 Å². The van der Waals surface area contributed by atoms with E-state index in [4.69, 9.17) is 0 Å². The summed E-state index contributed by atoms with van der Waals surface area (Å²) in [4.78, 5) is 29.1. The second kappa shape index (κ2) is 7.61. The number of nitrogens with one attached hydrogen (secondary N) is 1. The number of carbonyl (C=O) groups is 2. The third-order valence-electron chi connectivity index (χ3n) is 5.40. The first-order chi connectivity index (χ1) is 13.5. The van der Waals surface area contributed by atoms with E-state index in [1.165, 1.54) is 29.6 Å². The van der Waals surface area contributed by atoms with Gasteiger partial charge in [0.1, 0.15) is 0 Å². The maximum Gasteiger partial charge on any atom is 0.276 e. The number of benzene rings is 1. The van der Waals surface area contributed by atoms with Crippen molar-refractivity contribution in [1.82, 2.24) is 25.2 Å². The minimum atomic E-state index is -0.300. The molecule has 2 aliphatic heterocycles. The molecule has 0 bridgehead atoms. The largest absolute Gasteiger partial charge is 0.372 e. The highest BCUT2D eigenvalue weighted by molar-refractivity contribution is 6.05. The molecule has 8 heteroatoms. The summed E-state index contributed by atoms with van der Waals surface area (Å²) in [5.41, 5.74) is 2.62. The zero-order chi connectivity index (χ0) is 19.7. The topological polar surface area (TPSA) is 83.4 Å². The number of nitrogens with zero attached hydrogens (tertiary/aromatic N) is 5. The molecule has 28 heavy (non-hydrogen) atoms. The SMILES string of the molecule is C[C@H]1Cn2nnc(C(=O)N(C)Cc3ccc(N4CCCCC4)cc3)c2C(=O)N1. The maximum atomic E-state index is 12.8. The van der Waals surface area contributed by atoms with Crippen LogP contribution in [0, 0.1) is 0 Å². The van der Waals surface area contributed by atoms with Crippen LogP contribution in [0.3, 0.4) is 0 Å². The van der Waals surface area contributed by atoms with Crippen molar-refractivity contribution >= 4 is 17.5 Å². The van der Waals surface area contributed by atoms with Crippen molar-refractivity contribution in [3.8, 4) is 0 Å². The van der Waals surface area contributed by atoms with E-state index in [-0.39, 0.29) is 29.2 Å². The number of hydrogen-bond donors (Lipinski definition) is 1. The van der Waals surface area contributed by atoms with E-state index >= 15 is 0 Å². The Morgan fingerprint density at radius 2 is 1.93 bits per heavy atom. The molecule has 2 amide bonds. The maximum absolute atomic E-state index is 12.8. The molecule has 2 aliphatic rings. The summed E-state index contributed by atoms with van der Waals surface area (Å²) in [5, 5.41) is 10.8. The molecule has 0 spiro atoms. The summed E-state index contributed by atoms with van der Waals surface area (Å²) < 4.78 is 1.51. The minimum absolute atomic E-state index is 0.0270. The normalized spacial score (nSPS) is 19.1. The number of hydrogen-bond acceptors (Lipinski definition) is 5. The number of rotatable bonds is 4. The van der Waals surface area contributed by atoms with Crippen LogP contribution in [0.4, 0.5) is 5.69 Å². The van der Waals surface area contributed by atoms with Crippen LogP contribution < -0.4 is 10.2 Å². The van der Waals surface area contributed by atoms with Gasteiger partial charge < -0.3 is 15.1 Å². The van der Waals surface area contributed by atoms with Crippen molar-refractivity contribution in [3.05, 3.63) is 41.2 Å². The van der Waals surface area contributed by atoms with Crippen LogP contribution in [0.5, 0.6) is 0 Å². The van der Waals surface area contributed by atoms with Crippen molar-refractivity contribution in [3.63, 3.8) is 0 Å². The monoisotopic (exact) mass is 382 g/mol. The zero-order valence-corrected chi connectivity index (χ0v) is 16.4. The van der Waals surface area contributed by atoms with Crippen molar-refractivity contribution < 1.29 is 9.59 Å². The average Bonchev–Trinajstić information content (AvgIpc) is 3.12. The Morgan fingerprint density at radius 3 is 2.64 bits per heavy atom. The molecular formula is C20H26N6O2. The van der Waals surface area contributed by atoms with Crippen LogP contribution in [-0.2, 0) is 13.1 Å². The van der Waals surface area contributed by atoms with Crippen molar-refractivity contribution in [2.24, 2.45) is 0 Å². The van der Waals surface area contributed by atoms with E-state index in [1.807, 2.05) is 6.92 Å². The molecule has 1 aromatic carbocycles. The fourth-order valence-electron chi connectivity index (χ4n) is 3.90. The van der Waals surface area contributed by atoms with Crippen LogP contribution >= 0.6 is 0 Å². The Bertz CT molecular complexity index is 869. The molecule has 0 saturated carbocycles. The molecule has 0 aliphatic carbocycles. The van der Waals surface area contributed by atoms with Gasteiger partial charge in [-0.3, -0.25) is 9.59 Å². The van der Waals surface area contributed by atoms with Crippen LogP contribution in [0.1, 0.15) is 52.7 Å². The van der Waals surface area contributed by atoms with Crippen molar-refractivity contribution in [1.29, 1.82) is 0 Å².